The molecule has 28 heavy (non-hydrogen) atoms. The molecule has 0 aromatic rings. The first-order valence-electron chi connectivity index (χ1n) is 10.5. The third-order valence-electron chi connectivity index (χ3n) is 6.44. The number of hydrogen-bond donors (Lipinski definition) is 2. The highest BCUT2D eigenvalue weighted by Gasteiger charge is 2.47. The first-order chi connectivity index (χ1) is 13.0. The van der Waals surface area contributed by atoms with Gasteiger partial charge in [0.25, 0.3) is 0 Å². The quantitative estimate of drug-likeness (QED) is 0.751. The Hall–Kier alpha value is -0.750. The summed E-state index contributed by atoms with van der Waals surface area (Å²) in [7, 11) is 0. The van der Waals surface area contributed by atoms with Crippen LogP contribution in [0.3, 0.4) is 0 Å². The summed E-state index contributed by atoms with van der Waals surface area (Å²) < 4.78 is 24.0. The molecule has 7 atom stereocenters. The highest BCUT2D eigenvalue weighted by molar-refractivity contribution is 4.98. The Morgan fingerprint density at radius 2 is 1.50 bits per heavy atom. The Morgan fingerprint density at radius 1 is 0.929 bits per heavy atom. The van der Waals surface area contributed by atoms with Crippen molar-refractivity contribution in [3.8, 4) is 6.07 Å². The van der Waals surface area contributed by atoms with Crippen molar-refractivity contribution in [1.82, 2.24) is 0 Å². The smallest absolute Gasteiger partial charge is 0.163 e. The summed E-state index contributed by atoms with van der Waals surface area (Å²) in [4.78, 5) is 0. The molecule has 7 heteroatoms. The summed E-state index contributed by atoms with van der Waals surface area (Å²) in [6.45, 7) is 7.91. The maximum absolute atomic E-state index is 11.0. The summed E-state index contributed by atoms with van der Waals surface area (Å²) in [5.41, 5.74) is -2.01. The normalized spacial score (nSPS) is 46.2. The summed E-state index contributed by atoms with van der Waals surface area (Å²) in [6, 6.07) is 2.11. The monoisotopic (exact) mass is 397 g/mol. The third-order valence-corrected chi connectivity index (χ3v) is 6.44. The lowest BCUT2D eigenvalue weighted by Crippen LogP contribution is -2.42. The molecule has 2 N–H and O–H groups in total. The van der Waals surface area contributed by atoms with Gasteiger partial charge in [0.15, 0.2) is 5.79 Å². The van der Waals surface area contributed by atoms with Crippen LogP contribution in [0.2, 0.25) is 0 Å². The summed E-state index contributed by atoms with van der Waals surface area (Å²) in [6.07, 6.45) is 2.58. The molecule has 0 amide bonds. The fourth-order valence-electron chi connectivity index (χ4n) is 4.56. The zero-order valence-corrected chi connectivity index (χ0v) is 17.5. The van der Waals surface area contributed by atoms with Crippen LogP contribution in [0, 0.1) is 11.3 Å². The molecule has 0 aromatic heterocycles. The van der Waals surface area contributed by atoms with Crippen LogP contribution >= 0.6 is 0 Å². The molecule has 1 unspecified atom stereocenters. The molecule has 0 saturated carbocycles. The van der Waals surface area contributed by atoms with E-state index in [2.05, 4.69) is 6.07 Å². The molecular formula is C21H35NO6. The van der Waals surface area contributed by atoms with E-state index < -0.39 is 23.1 Å². The van der Waals surface area contributed by atoms with Gasteiger partial charge in [-0.25, -0.2) is 0 Å². The van der Waals surface area contributed by atoms with Gasteiger partial charge >= 0.3 is 0 Å². The van der Waals surface area contributed by atoms with Crippen LogP contribution < -0.4 is 0 Å². The van der Waals surface area contributed by atoms with Gasteiger partial charge in [0.1, 0.15) is 0 Å². The van der Waals surface area contributed by atoms with Crippen molar-refractivity contribution in [3.63, 3.8) is 0 Å². The van der Waals surface area contributed by atoms with E-state index in [4.69, 9.17) is 24.2 Å². The molecule has 3 aliphatic heterocycles. The van der Waals surface area contributed by atoms with Crippen LogP contribution in [0.5, 0.6) is 0 Å². The molecule has 3 aliphatic rings. The predicted octanol–water partition coefficient (Wildman–Crippen LogP) is 2.43. The van der Waals surface area contributed by atoms with E-state index in [0.29, 0.717) is 38.7 Å². The maximum Gasteiger partial charge on any atom is 0.163 e. The number of aliphatic hydroxyl groups is 2. The Kier molecular flexibility index (Phi) is 6.41. The van der Waals surface area contributed by atoms with Crippen LogP contribution in [-0.2, 0) is 18.9 Å². The van der Waals surface area contributed by atoms with Gasteiger partial charge < -0.3 is 29.2 Å². The Bertz CT molecular complexity index is 584. The summed E-state index contributed by atoms with van der Waals surface area (Å²) in [5, 5.41) is 30.8. The molecule has 0 radical (unpaired) electrons. The molecule has 3 rings (SSSR count). The van der Waals surface area contributed by atoms with Gasteiger partial charge in [-0.1, -0.05) is 0 Å². The van der Waals surface area contributed by atoms with Crippen molar-refractivity contribution in [2.24, 2.45) is 0 Å². The van der Waals surface area contributed by atoms with Gasteiger partial charge in [-0.3, -0.25) is 0 Å². The number of hydrogen-bond acceptors (Lipinski definition) is 7. The molecule has 0 spiro atoms. The minimum absolute atomic E-state index is 0.000393. The highest BCUT2D eigenvalue weighted by Crippen LogP contribution is 2.39. The van der Waals surface area contributed by atoms with Crippen LogP contribution in [0.15, 0.2) is 0 Å². The number of nitriles is 1. The second-order valence-corrected chi connectivity index (χ2v) is 9.51. The lowest BCUT2D eigenvalue weighted by atomic mass is 9.89. The molecule has 3 heterocycles. The van der Waals surface area contributed by atoms with Crippen LogP contribution in [0.1, 0.15) is 72.6 Å². The highest BCUT2D eigenvalue weighted by atomic mass is 16.7. The fourth-order valence-corrected chi connectivity index (χ4v) is 4.56. The summed E-state index contributed by atoms with van der Waals surface area (Å²) in [5.74, 6) is -0.556. The topological polar surface area (TPSA) is 101 Å². The predicted molar refractivity (Wildman–Crippen MR) is 101 cm³/mol. The summed E-state index contributed by atoms with van der Waals surface area (Å²) >= 11 is 0. The van der Waals surface area contributed by atoms with E-state index in [1.807, 2.05) is 20.8 Å². The van der Waals surface area contributed by atoms with Crippen LogP contribution in [0.25, 0.3) is 0 Å². The van der Waals surface area contributed by atoms with Gasteiger partial charge in [-0.05, 0) is 66.2 Å². The maximum atomic E-state index is 11.0. The van der Waals surface area contributed by atoms with Crippen molar-refractivity contribution in [2.75, 3.05) is 6.61 Å². The molecule has 3 fully saturated rings. The SMILES string of the molecule is CC1(C)OCC(CC[C@H]2O[C@H]3CC[C@@](C)(O)[C@H](CC#N)O[C@@H]3CC[C@]2(C)O)O1. The van der Waals surface area contributed by atoms with Gasteiger partial charge in [0, 0.05) is 0 Å². The molecular weight excluding hydrogens is 362 g/mol. The minimum atomic E-state index is -1.05. The average Bonchev–Trinajstić information content (AvgIpc) is 2.83. The lowest BCUT2D eigenvalue weighted by Gasteiger charge is -2.33. The van der Waals surface area contributed by atoms with E-state index in [9.17, 15) is 10.2 Å². The first kappa shape index (κ1) is 21.9. The largest absolute Gasteiger partial charge is 0.387 e. The van der Waals surface area contributed by atoms with E-state index in [1.54, 1.807) is 6.92 Å². The Morgan fingerprint density at radius 3 is 2.04 bits per heavy atom. The fraction of sp³-hybridized carbons (Fsp3) is 0.952. The number of rotatable bonds is 4. The lowest BCUT2D eigenvalue weighted by molar-refractivity contribution is -0.158. The van der Waals surface area contributed by atoms with E-state index >= 15 is 0 Å². The zero-order valence-electron chi connectivity index (χ0n) is 17.5. The second kappa shape index (κ2) is 8.17. The van der Waals surface area contributed by atoms with E-state index in [1.165, 1.54) is 0 Å². The van der Waals surface area contributed by atoms with Gasteiger partial charge in [-0.2, -0.15) is 5.26 Å². The number of fused-ring (bicyclic) bond motifs is 1. The number of ether oxygens (including phenoxy) is 4. The van der Waals surface area contributed by atoms with Crippen molar-refractivity contribution in [2.45, 2.75) is 120 Å². The molecule has 7 nitrogen and oxygen atoms in total. The van der Waals surface area contributed by atoms with Crippen molar-refractivity contribution in [3.05, 3.63) is 0 Å². The van der Waals surface area contributed by atoms with Crippen molar-refractivity contribution < 1.29 is 29.2 Å². The molecule has 0 aromatic carbocycles. The third kappa shape index (κ3) is 5.05. The van der Waals surface area contributed by atoms with Gasteiger partial charge in [0.05, 0.1) is 60.8 Å². The first-order valence-corrected chi connectivity index (χ1v) is 10.5. The van der Waals surface area contributed by atoms with Crippen molar-refractivity contribution in [1.29, 1.82) is 5.26 Å². The minimum Gasteiger partial charge on any atom is -0.387 e. The average molecular weight is 398 g/mol. The zero-order chi connectivity index (χ0) is 20.6. The molecule has 3 saturated heterocycles. The molecule has 0 bridgehead atoms. The molecule has 0 aliphatic carbocycles. The van der Waals surface area contributed by atoms with Crippen LogP contribution in [0.4, 0.5) is 0 Å². The van der Waals surface area contributed by atoms with Crippen molar-refractivity contribution >= 4 is 0 Å². The van der Waals surface area contributed by atoms with Crippen LogP contribution in [-0.4, -0.2) is 64.3 Å². The van der Waals surface area contributed by atoms with Gasteiger partial charge in [0.2, 0.25) is 0 Å². The number of nitrogens with zero attached hydrogens (tertiary/aromatic N) is 1. The molecule has 160 valence electrons. The van der Waals surface area contributed by atoms with E-state index in [0.717, 1.165) is 6.42 Å². The van der Waals surface area contributed by atoms with Gasteiger partial charge in [-0.15, -0.1) is 0 Å². The Balaban J connectivity index is 1.66. The standard InChI is InChI=1S/C21H35NO6/c1-19(2)25-13-14(28-19)5-6-17-20(3,23)10-7-16-15(26-17)8-11-21(4,24)18(27-16)9-12-22/h14-18,23-24H,5-11,13H2,1-4H3/t14?,15-,16+,17+,18-,20-,21+/m0/s1. The Labute approximate surface area is 167 Å². The van der Waals surface area contributed by atoms with E-state index in [-0.39, 0.29) is 30.8 Å². The second-order valence-electron chi connectivity index (χ2n) is 9.51.